The molecule has 0 fully saturated rings. The predicted molar refractivity (Wildman–Crippen MR) is 90.8 cm³/mol. The third-order valence-electron chi connectivity index (χ3n) is 2.98. The number of nitrogens with one attached hydrogen (secondary N) is 2. The average Bonchev–Trinajstić information content (AvgIpc) is 2.43. The highest BCUT2D eigenvalue weighted by molar-refractivity contribution is 9.10. The molecule has 110 valence electrons. The maximum absolute atomic E-state index is 10.8. The summed E-state index contributed by atoms with van der Waals surface area (Å²) < 4.78 is 0.849. The Labute approximate surface area is 136 Å². The standard InChI is InChI=1S/C15H15BrClN3O/c1-9(19-12-6-7-14(17)13(16)8-12)10-2-4-11(5-3-10)20-15(18)21/h2-9,19H,1H3,(H3,18,20,21). The van der Waals surface area contributed by atoms with Crippen LogP contribution in [0.5, 0.6) is 0 Å². The SMILES string of the molecule is CC(Nc1ccc(Cl)c(Br)c1)c1ccc(NC(N)=O)cc1. The summed E-state index contributed by atoms with van der Waals surface area (Å²) in [5.41, 5.74) is 7.81. The number of anilines is 2. The Kier molecular flexibility index (Phi) is 5.09. The van der Waals surface area contributed by atoms with Gasteiger partial charge in [-0.05, 0) is 58.7 Å². The molecule has 1 unspecified atom stereocenters. The first-order valence-corrected chi connectivity index (χ1v) is 7.51. The molecule has 4 nitrogen and oxygen atoms in total. The van der Waals surface area contributed by atoms with Crippen LogP contribution in [0.3, 0.4) is 0 Å². The normalized spacial score (nSPS) is 11.8. The van der Waals surface area contributed by atoms with E-state index in [-0.39, 0.29) is 6.04 Å². The van der Waals surface area contributed by atoms with Crippen LogP contribution in [0, 0.1) is 0 Å². The highest BCUT2D eigenvalue weighted by atomic mass is 79.9. The highest BCUT2D eigenvalue weighted by Crippen LogP contribution is 2.28. The van der Waals surface area contributed by atoms with Gasteiger partial charge in [-0.15, -0.1) is 0 Å². The van der Waals surface area contributed by atoms with Crippen molar-refractivity contribution in [1.29, 1.82) is 0 Å². The quantitative estimate of drug-likeness (QED) is 0.728. The molecule has 0 aliphatic carbocycles. The number of nitrogens with two attached hydrogens (primary N) is 1. The molecule has 0 aromatic heterocycles. The van der Waals surface area contributed by atoms with Gasteiger partial charge in [-0.25, -0.2) is 4.79 Å². The Morgan fingerprint density at radius 3 is 2.38 bits per heavy atom. The Bertz CT molecular complexity index is 646. The first-order chi connectivity index (χ1) is 9.95. The lowest BCUT2D eigenvalue weighted by Crippen LogP contribution is -2.19. The topological polar surface area (TPSA) is 67.2 Å². The van der Waals surface area contributed by atoms with Crippen molar-refractivity contribution in [3.63, 3.8) is 0 Å². The number of halogens is 2. The summed E-state index contributed by atoms with van der Waals surface area (Å²) in [6.07, 6.45) is 0. The average molecular weight is 369 g/mol. The molecular weight excluding hydrogens is 354 g/mol. The summed E-state index contributed by atoms with van der Waals surface area (Å²) in [7, 11) is 0. The fourth-order valence-electron chi connectivity index (χ4n) is 1.92. The minimum Gasteiger partial charge on any atom is -0.378 e. The molecule has 0 bridgehead atoms. The Morgan fingerprint density at radius 1 is 1.19 bits per heavy atom. The molecule has 2 aromatic rings. The summed E-state index contributed by atoms with van der Waals surface area (Å²) in [5, 5.41) is 6.59. The van der Waals surface area contributed by atoms with Gasteiger partial charge in [0.05, 0.1) is 5.02 Å². The Balaban J connectivity index is 2.07. The van der Waals surface area contributed by atoms with E-state index >= 15 is 0 Å². The van der Waals surface area contributed by atoms with Gasteiger partial charge < -0.3 is 16.4 Å². The van der Waals surface area contributed by atoms with E-state index in [1.165, 1.54) is 0 Å². The van der Waals surface area contributed by atoms with Crippen LogP contribution in [-0.4, -0.2) is 6.03 Å². The zero-order chi connectivity index (χ0) is 15.4. The van der Waals surface area contributed by atoms with Crippen LogP contribution < -0.4 is 16.4 Å². The fraction of sp³-hybridized carbons (Fsp3) is 0.133. The molecule has 0 saturated carbocycles. The van der Waals surface area contributed by atoms with Crippen LogP contribution >= 0.6 is 27.5 Å². The number of urea groups is 1. The molecule has 0 aliphatic rings. The summed E-state index contributed by atoms with van der Waals surface area (Å²) in [6, 6.07) is 12.7. The van der Waals surface area contributed by atoms with E-state index < -0.39 is 6.03 Å². The van der Waals surface area contributed by atoms with Crippen molar-refractivity contribution in [3.05, 3.63) is 57.5 Å². The van der Waals surface area contributed by atoms with Crippen molar-refractivity contribution in [3.8, 4) is 0 Å². The van der Waals surface area contributed by atoms with Crippen molar-refractivity contribution >= 4 is 44.9 Å². The predicted octanol–water partition coefficient (Wildman–Crippen LogP) is 4.77. The number of amides is 2. The number of hydrogen-bond donors (Lipinski definition) is 3. The minimum absolute atomic E-state index is 0.112. The molecule has 21 heavy (non-hydrogen) atoms. The summed E-state index contributed by atoms with van der Waals surface area (Å²) in [4.78, 5) is 10.8. The van der Waals surface area contributed by atoms with Gasteiger partial charge in [0, 0.05) is 21.9 Å². The monoisotopic (exact) mass is 367 g/mol. The summed E-state index contributed by atoms with van der Waals surface area (Å²) >= 11 is 9.37. The highest BCUT2D eigenvalue weighted by Gasteiger charge is 2.07. The molecule has 0 radical (unpaired) electrons. The summed E-state index contributed by atoms with van der Waals surface area (Å²) in [6.45, 7) is 2.05. The molecular formula is C15H15BrClN3O. The second-order valence-electron chi connectivity index (χ2n) is 4.61. The molecule has 2 rings (SSSR count). The lowest BCUT2D eigenvalue weighted by atomic mass is 10.1. The van der Waals surface area contributed by atoms with E-state index in [4.69, 9.17) is 17.3 Å². The molecule has 1 atom stereocenters. The van der Waals surface area contributed by atoms with E-state index in [1.54, 1.807) is 0 Å². The maximum Gasteiger partial charge on any atom is 0.316 e. The molecule has 6 heteroatoms. The maximum atomic E-state index is 10.8. The van der Waals surface area contributed by atoms with Crippen molar-refractivity contribution in [2.24, 2.45) is 5.73 Å². The van der Waals surface area contributed by atoms with Gasteiger partial charge in [0.1, 0.15) is 0 Å². The third kappa shape index (κ3) is 4.37. The summed E-state index contributed by atoms with van der Waals surface area (Å²) in [5.74, 6) is 0. The van der Waals surface area contributed by atoms with E-state index in [1.807, 2.05) is 42.5 Å². The first-order valence-electron chi connectivity index (χ1n) is 6.33. The Hall–Kier alpha value is -1.72. The molecule has 0 aliphatic heterocycles. The second kappa shape index (κ2) is 6.83. The van der Waals surface area contributed by atoms with Gasteiger partial charge in [0.15, 0.2) is 0 Å². The Morgan fingerprint density at radius 2 is 1.81 bits per heavy atom. The fourth-order valence-corrected chi connectivity index (χ4v) is 2.41. The van der Waals surface area contributed by atoms with Gasteiger partial charge in [0.2, 0.25) is 0 Å². The van der Waals surface area contributed by atoms with Crippen molar-refractivity contribution in [2.45, 2.75) is 13.0 Å². The molecule has 0 saturated heterocycles. The van der Waals surface area contributed by atoms with Crippen LogP contribution in [-0.2, 0) is 0 Å². The molecule has 0 spiro atoms. The van der Waals surface area contributed by atoms with E-state index in [0.29, 0.717) is 10.7 Å². The largest absolute Gasteiger partial charge is 0.378 e. The zero-order valence-corrected chi connectivity index (χ0v) is 13.7. The smallest absolute Gasteiger partial charge is 0.316 e. The number of carbonyl (C=O) groups is 1. The lowest BCUT2D eigenvalue weighted by molar-refractivity contribution is 0.259. The van der Waals surface area contributed by atoms with Crippen LogP contribution in [0.15, 0.2) is 46.9 Å². The van der Waals surface area contributed by atoms with Gasteiger partial charge in [-0.1, -0.05) is 23.7 Å². The van der Waals surface area contributed by atoms with Gasteiger partial charge >= 0.3 is 6.03 Å². The molecule has 2 aromatic carbocycles. The molecule has 2 amide bonds. The van der Waals surface area contributed by atoms with E-state index in [2.05, 4.69) is 33.5 Å². The second-order valence-corrected chi connectivity index (χ2v) is 5.87. The number of rotatable bonds is 4. The van der Waals surface area contributed by atoms with Crippen LogP contribution in [0.1, 0.15) is 18.5 Å². The van der Waals surface area contributed by atoms with Gasteiger partial charge in [-0.2, -0.15) is 0 Å². The zero-order valence-electron chi connectivity index (χ0n) is 11.4. The van der Waals surface area contributed by atoms with Crippen LogP contribution in [0.2, 0.25) is 5.02 Å². The molecule has 4 N–H and O–H groups in total. The van der Waals surface area contributed by atoms with Gasteiger partial charge in [-0.3, -0.25) is 0 Å². The molecule has 0 heterocycles. The third-order valence-corrected chi connectivity index (χ3v) is 4.19. The van der Waals surface area contributed by atoms with Crippen LogP contribution in [0.25, 0.3) is 0 Å². The number of carbonyl (C=O) groups excluding carboxylic acids is 1. The van der Waals surface area contributed by atoms with Crippen molar-refractivity contribution in [2.75, 3.05) is 10.6 Å². The lowest BCUT2D eigenvalue weighted by Gasteiger charge is -2.16. The van der Waals surface area contributed by atoms with E-state index in [9.17, 15) is 4.79 Å². The van der Waals surface area contributed by atoms with Crippen LogP contribution in [0.4, 0.5) is 16.2 Å². The van der Waals surface area contributed by atoms with E-state index in [0.717, 1.165) is 15.7 Å². The van der Waals surface area contributed by atoms with Crippen molar-refractivity contribution < 1.29 is 4.79 Å². The number of primary amides is 1. The minimum atomic E-state index is -0.570. The number of benzene rings is 2. The van der Waals surface area contributed by atoms with Gasteiger partial charge in [0.25, 0.3) is 0 Å². The first kappa shape index (κ1) is 15.7. The number of hydrogen-bond acceptors (Lipinski definition) is 2. The van der Waals surface area contributed by atoms with Crippen molar-refractivity contribution in [1.82, 2.24) is 0 Å².